The Kier molecular flexibility index (Phi) is 7.27. The zero-order valence-electron chi connectivity index (χ0n) is 22.5. The monoisotopic (exact) mass is 555 g/mol. The van der Waals surface area contributed by atoms with Crippen molar-refractivity contribution < 1.29 is 19.4 Å². The summed E-state index contributed by atoms with van der Waals surface area (Å²) in [6.07, 6.45) is 1.76. The summed E-state index contributed by atoms with van der Waals surface area (Å²) in [6.45, 7) is 5.51. The van der Waals surface area contributed by atoms with E-state index in [1.807, 2.05) is 67.3 Å². The average molecular weight is 556 g/mol. The van der Waals surface area contributed by atoms with Crippen molar-refractivity contribution >= 4 is 40.6 Å². The number of rotatable bonds is 7. The van der Waals surface area contributed by atoms with E-state index in [0.717, 1.165) is 34.0 Å². The van der Waals surface area contributed by atoms with Crippen LogP contribution in [0, 0.1) is 13.8 Å². The van der Waals surface area contributed by atoms with Gasteiger partial charge in [-0.1, -0.05) is 6.07 Å². The highest BCUT2D eigenvalue weighted by Crippen LogP contribution is 2.45. The van der Waals surface area contributed by atoms with Crippen LogP contribution >= 0.6 is 12.2 Å². The Hall–Kier alpha value is -4.70. The first-order valence-corrected chi connectivity index (χ1v) is 13.1. The lowest BCUT2D eigenvalue weighted by atomic mass is 9.96. The lowest BCUT2D eigenvalue weighted by molar-refractivity contribution is -0.114. The third-order valence-electron chi connectivity index (χ3n) is 7.03. The van der Waals surface area contributed by atoms with Gasteiger partial charge in [-0.2, -0.15) is 0 Å². The molecular weight excluding hydrogens is 526 g/mol. The zero-order valence-corrected chi connectivity index (χ0v) is 23.3. The van der Waals surface area contributed by atoms with Crippen LogP contribution in [0.3, 0.4) is 0 Å². The number of hydrogen-bond donors (Lipinski definition) is 3. The van der Waals surface area contributed by atoms with Crippen molar-refractivity contribution in [2.45, 2.75) is 32.9 Å². The van der Waals surface area contributed by atoms with Crippen molar-refractivity contribution in [2.24, 2.45) is 0 Å². The Morgan fingerprint density at radius 3 is 2.40 bits per heavy atom. The van der Waals surface area contributed by atoms with Crippen molar-refractivity contribution in [3.8, 4) is 11.4 Å². The predicted octanol–water partition coefficient (Wildman–Crippen LogP) is 5.33. The van der Waals surface area contributed by atoms with Gasteiger partial charge in [-0.3, -0.25) is 9.78 Å². The van der Waals surface area contributed by atoms with Gasteiger partial charge >= 0.3 is 5.97 Å². The minimum Gasteiger partial charge on any atom is -0.495 e. The molecule has 0 unspecified atom stereocenters. The summed E-state index contributed by atoms with van der Waals surface area (Å²) in [5.74, 6) is -0.638. The summed E-state index contributed by atoms with van der Waals surface area (Å²) in [4.78, 5) is 30.0. The van der Waals surface area contributed by atoms with E-state index >= 15 is 0 Å². The Labute approximate surface area is 237 Å². The number of ether oxygens (including phenoxy) is 1. The standard InChI is InChI=1S/C30H29N5O4S/c1-17-15-23(18(2)34(17)21-10-8-20(9-11-21)29(37)38)28-27(24-7-5-6-14-31-24)33-30(40)35(28)22-12-13-26(39-4)25(16-22)32-19(3)36/h5-16,27-28H,1-4H3,(H,32,36)(H,33,40)(H,37,38)/t27-,28-/m1/s1. The Balaban J connectivity index is 1.66. The maximum atomic E-state index is 11.9. The minimum absolute atomic E-state index is 0.210. The van der Waals surface area contributed by atoms with Crippen molar-refractivity contribution in [3.63, 3.8) is 0 Å². The van der Waals surface area contributed by atoms with E-state index in [9.17, 15) is 14.7 Å². The van der Waals surface area contributed by atoms with Crippen LogP contribution in [0.4, 0.5) is 11.4 Å². The highest BCUT2D eigenvalue weighted by atomic mass is 32.1. The molecular formula is C30H29N5O4S. The SMILES string of the molecule is COc1ccc(N2C(=S)N[C@H](c3ccccn3)[C@H]2c2cc(C)n(-c3ccc(C(=O)O)cc3)c2C)cc1NC(C)=O. The number of aromatic carboxylic acids is 1. The topological polar surface area (TPSA) is 109 Å². The normalized spacial score (nSPS) is 16.5. The fourth-order valence-corrected chi connectivity index (χ4v) is 5.67. The van der Waals surface area contributed by atoms with Crippen molar-refractivity contribution in [3.05, 3.63) is 101 Å². The van der Waals surface area contributed by atoms with Crippen LogP contribution in [0.2, 0.25) is 0 Å². The van der Waals surface area contributed by atoms with Crippen LogP contribution in [0.5, 0.6) is 5.75 Å². The molecule has 4 aromatic rings. The van der Waals surface area contributed by atoms with Crippen LogP contribution in [-0.4, -0.2) is 38.8 Å². The lowest BCUT2D eigenvalue weighted by Crippen LogP contribution is -2.29. The molecule has 1 aliphatic heterocycles. The molecule has 1 aliphatic rings. The van der Waals surface area contributed by atoms with Gasteiger partial charge in [0.25, 0.3) is 0 Å². The van der Waals surface area contributed by atoms with Crippen LogP contribution in [0.1, 0.15) is 52.0 Å². The average Bonchev–Trinajstić information content (AvgIpc) is 3.43. The molecule has 5 rings (SSSR count). The number of nitrogens with zero attached hydrogens (tertiary/aromatic N) is 3. The fraction of sp³-hybridized carbons (Fsp3) is 0.200. The highest BCUT2D eigenvalue weighted by Gasteiger charge is 2.42. The zero-order chi connectivity index (χ0) is 28.6. The Morgan fingerprint density at radius 2 is 1.77 bits per heavy atom. The number of thiocarbonyl (C=S) groups is 1. The van der Waals surface area contributed by atoms with Gasteiger partial charge in [-0.25, -0.2) is 4.79 Å². The molecule has 2 atom stereocenters. The largest absolute Gasteiger partial charge is 0.495 e. The number of aromatic nitrogens is 2. The van der Waals surface area contributed by atoms with Gasteiger partial charge in [-0.05, 0) is 92.3 Å². The number of hydrogen-bond acceptors (Lipinski definition) is 5. The molecule has 0 saturated carbocycles. The number of carbonyl (C=O) groups is 2. The second-order valence-corrected chi connectivity index (χ2v) is 9.96. The van der Waals surface area contributed by atoms with E-state index in [2.05, 4.69) is 26.3 Å². The molecule has 0 aliphatic carbocycles. The first-order valence-electron chi connectivity index (χ1n) is 12.7. The van der Waals surface area contributed by atoms with Crippen molar-refractivity contribution in [2.75, 3.05) is 17.3 Å². The van der Waals surface area contributed by atoms with E-state index in [0.29, 0.717) is 16.5 Å². The number of nitrogens with one attached hydrogen (secondary N) is 2. The molecule has 3 heterocycles. The van der Waals surface area contributed by atoms with Gasteiger partial charge in [0.1, 0.15) is 5.75 Å². The summed E-state index contributed by atoms with van der Waals surface area (Å²) in [5.41, 5.74) is 6.25. The van der Waals surface area contributed by atoms with Gasteiger partial charge in [0, 0.05) is 35.9 Å². The summed E-state index contributed by atoms with van der Waals surface area (Å²) in [7, 11) is 1.56. The quantitative estimate of drug-likeness (QED) is 0.263. The maximum Gasteiger partial charge on any atom is 0.335 e. The van der Waals surface area contributed by atoms with Crippen LogP contribution in [0.15, 0.2) is 72.9 Å². The molecule has 10 heteroatoms. The summed E-state index contributed by atoms with van der Waals surface area (Å²) in [5, 5.41) is 16.2. The van der Waals surface area contributed by atoms with Gasteiger partial charge in [0.15, 0.2) is 5.11 Å². The molecule has 9 nitrogen and oxygen atoms in total. The van der Waals surface area contributed by atoms with Gasteiger partial charge in [0.05, 0.1) is 36.1 Å². The van der Waals surface area contributed by atoms with Crippen LogP contribution in [-0.2, 0) is 4.79 Å². The Morgan fingerprint density at radius 1 is 1.05 bits per heavy atom. The molecule has 0 spiro atoms. The second kappa shape index (κ2) is 10.8. The highest BCUT2D eigenvalue weighted by molar-refractivity contribution is 7.80. The van der Waals surface area contributed by atoms with E-state index in [4.69, 9.17) is 17.0 Å². The van der Waals surface area contributed by atoms with E-state index in [1.54, 1.807) is 25.4 Å². The first-order chi connectivity index (χ1) is 19.2. The molecule has 2 aromatic carbocycles. The number of pyridine rings is 1. The molecule has 40 heavy (non-hydrogen) atoms. The van der Waals surface area contributed by atoms with Crippen molar-refractivity contribution in [1.29, 1.82) is 0 Å². The molecule has 0 bridgehead atoms. The second-order valence-electron chi connectivity index (χ2n) is 9.58. The first kappa shape index (κ1) is 26.9. The lowest BCUT2D eigenvalue weighted by Gasteiger charge is -2.29. The van der Waals surface area contributed by atoms with Crippen LogP contribution < -0.4 is 20.3 Å². The summed E-state index contributed by atoms with van der Waals surface area (Å²) in [6, 6.07) is 19.8. The van der Waals surface area contributed by atoms with E-state index in [-0.39, 0.29) is 23.6 Å². The molecule has 1 amide bonds. The number of aryl methyl sites for hydroxylation is 1. The molecule has 1 fully saturated rings. The third-order valence-corrected chi connectivity index (χ3v) is 7.35. The third kappa shape index (κ3) is 4.89. The number of carboxylic acid groups (broad SMARTS) is 1. The fourth-order valence-electron chi connectivity index (χ4n) is 5.32. The summed E-state index contributed by atoms with van der Waals surface area (Å²) >= 11 is 5.89. The molecule has 1 saturated heterocycles. The predicted molar refractivity (Wildman–Crippen MR) is 157 cm³/mol. The molecule has 3 N–H and O–H groups in total. The number of carboxylic acids is 1. The van der Waals surface area contributed by atoms with Crippen molar-refractivity contribution in [1.82, 2.24) is 14.9 Å². The minimum atomic E-state index is -0.967. The van der Waals surface area contributed by atoms with Crippen LogP contribution in [0.25, 0.3) is 5.69 Å². The van der Waals surface area contributed by atoms with Gasteiger partial charge < -0.3 is 29.9 Å². The Bertz CT molecular complexity index is 1600. The molecule has 204 valence electrons. The van der Waals surface area contributed by atoms with E-state index < -0.39 is 5.97 Å². The number of methoxy groups -OCH3 is 1. The van der Waals surface area contributed by atoms with Gasteiger partial charge in [-0.15, -0.1) is 0 Å². The summed E-state index contributed by atoms with van der Waals surface area (Å²) < 4.78 is 7.58. The van der Waals surface area contributed by atoms with E-state index in [1.165, 1.54) is 6.92 Å². The number of anilines is 2. The maximum absolute atomic E-state index is 11.9. The smallest absolute Gasteiger partial charge is 0.335 e. The number of benzene rings is 2. The van der Waals surface area contributed by atoms with Gasteiger partial charge in [0.2, 0.25) is 5.91 Å². The number of carbonyl (C=O) groups excluding carboxylic acids is 1. The molecule has 2 aromatic heterocycles. The molecule has 0 radical (unpaired) electrons. The number of amides is 1.